The van der Waals surface area contributed by atoms with Gasteiger partial charge in [0.25, 0.3) is 5.91 Å². The summed E-state index contributed by atoms with van der Waals surface area (Å²) in [5, 5.41) is 2.81. The van der Waals surface area contributed by atoms with Crippen molar-refractivity contribution < 1.29 is 17.6 Å². The van der Waals surface area contributed by atoms with Crippen LogP contribution in [0, 0.1) is 17.7 Å². The standard InChI is InChI=1S/C21H23Cl2FN2O3S/c1-12-5-3-7-18(13(12)2)26-30(28,29)14-9-10-17(24)15(11-14)21(27)25-19-8-4-6-16(22)20(19)23/h4,6,8-13,18,26H,3,5,7H2,1-2H3,(H,25,27)/t12-,13+,18+/m1/s1. The first kappa shape index (κ1) is 23.0. The SMILES string of the molecule is C[C@H]1[C@H](C)CCC[C@@H]1NS(=O)(=O)c1ccc(F)c(C(=O)Nc2cccc(Cl)c2Cl)c1. The normalized spacial score (nSPS) is 22.0. The first-order valence-corrected chi connectivity index (χ1v) is 11.9. The predicted molar refractivity (Wildman–Crippen MR) is 117 cm³/mol. The van der Waals surface area contributed by atoms with E-state index in [0.29, 0.717) is 5.92 Å². The first-order valence-electron chi connectivity index (χ1n) is 9.67. The van der Waals surface area contributed by atoms with Gasteiger partial charge in [0.05, 0.1) is 26.2 Å². The Morgan fingerprint density at radius 2 is 1.87 bits per heavy atom. The molecule has 0 radical (unpaired) electrons. The van der Waals surface area contributed by atoms with Gasteiger partial charge in [0.15, 0.2) is 0 Å². The number of sulfonamides is 1. The van der Waals surface area contributed by atoms with E-state index in [1.807, 2.05) is 6.92 Å². The number of carbonyl (C=O) groups excluding carboxylic acids is 1. The topological polar surface area (TPSA) is 75.3 Å². The van der Waals surface area contributed by atoms with Crippen molar-refractivity contribution in [2.24, 2.45) is 11.8 Å². The lowest BCUT2D eigenvalue weighted by Crippen LogP contribution is -2.43. The molecule has 0 unspecified atom stereocenters. The minimum absolute atomic E-state index is 0.110. The van der Waals surface area contributed by atoms with Gasteiger partial charge in [-0.15, -0.1) is 0 Å². The molecule has 30 heavy (non-hydrogen) atoms. The molecule has 1 aliphatic carbocycles. The van der Waals surface area contributed by atoms with Crippen molar-refractivity contribution in [1.82, 2.24) is 4.72 Å². The highest BCUT2D eigenvalue weighted by Crippen LogP contribution is 2.32. The fourth-order valence-corrected chi connectivity index (χ4v) is 5.39. The number of carbonyl (C=O) groups is 1. The third-order valence-corrected chi connectivity index (χ3v) is 8.01. The lowest BCUT2D eigenvalue weighted by molar-refractivity contribution is 0.102. The Labute approximate surface area is 186 Å². The maximum Gasteiger partial charge on any atom is 0.258 e. The van der Waals surface area contributed by atoms with Gasteiger partial charge in [-0.05, 0) is 48.6 Å². The first-order chi connectivity index (χ1) is 14.1. The Bertz CT molecular complexity index is 1060. The molecule has 162 valence electrons. The molecule has 0 aromatic heterocycles. The molecule has 1 fully saturated rings. The largest absolute Gasteiger partial charge is 0.320 e. The molecule has 1 amide bonds. The van der Waals surface area contributed by atoms with Gasteiger partial charge in [0.1, 0.15) is 5.82 Å². The number of benzene rings is 2. The molecule has 0 saturated heterocycles. The molecule has 0 bridgehead atoms. The minimum Gasteiger partial charge on any atom is -0.320 e. The number of hydrogen-bond donors (Lipinski definition) is 2. The molecule has 5 nitrogen and oxygen atoms in total. The van der Waals surface area contributed by atoms with Crippen LogP contribution in [0.2, 0.25) is 10.0 Å². The number of anilines is 1. The van der Waals surface area contributed by atoms with Gasteiger partial charge in [-0.25, -0.2) is 17.5 Å². The van der Waals surface area contributed by atoms with Crippen LogP contribution in [0.4, 0.5) is 10.1 Å². The van der Waals surface area contributed by atoms with Crippen LogP contribution in [0.5, 0.6) is 0 Å². The number of halogens is 3. The summed E-state index contributed by atoms with van der Waals surface area (Å²) >= 11 is 12.0. The van der Waals surface area contributed by atoms with E-state index in [4.69, 9.17) is 23.2 Å². The van der Waals surface area contributed by atoms with E-state index in [-0.39, 0.29) is 32.6 Å². The third-order valence-electron chi connectivity index (χ3n) is 5.71. The number of amides is 1. The van der Waals surface area contributed by atoms with Crippen LogP contribution < -0.4 is 10.0 Å². The Morgan fingerprint density at radius 3 is 2.60 bits per heavy atom. The molecule has 3 rings (SSSR count). The summed E-state index contributed by atoms with van der Waals surface area (Å²) in [5.74, 6) is -1.08. The van der Waals surface area contributed by atoms with Gasteiger partial charge in [0, 0.05) is 6.04 Å². The van der Waals surface area contributed by atoms with Crippen molar-refractivity contribution in [3.63, 3.8) is 0 Å². The van der Waals surface area contributed by atoms with Crippen molar-refractivity contribution in [1.29, 1.82) is 0 Å². The number of hydrogen-bond acceptors (Lipinski definition) is 3. The third kappa shape index (κ3) is 4.97. The summed E-state index contributed by atoms with van der Waals surface area (Å²) in [4.78, 5) is 12.4. The average Bonchev–Trinajstić information content (AvgIpc) is 2.69. The predicted octanol–water partition coefficient (Wildman–Crippen LogP) is 5.49. The molecule has 2 aromatic carbocycles. The van der Waals surface area contributed by atoms with Crippen molar-refractivity contribution in [3.05, 3.63) is 57.8 Å². The second-order valence-corrected chi connectivity index (χ2v) is 10.2. The van der Waals surface area contributed by atoms with Crippen LogP contribution in [-0.2, 0) is 10.0 Å². The molecule has 3 atom stereocenters. The van der Waals surface area contributed by atoms with E-state index in [0.717, 1.165) is 37.5 Å². The van der Waals surface area contributed by atoms with Crippen LogP contribution in [0.1, 0.15) is 43.5 Å². The Morgan fingerprint density at radius 1 is 1.13 bits per heavy atom. The Kier molecular flexibility index (Phi) is 7.07. The lowest BCUT2D eigenvalue weighted by Gasteiger charge is -2.34. The maximum absolute atomic E-state index is 14.3. The highest BCUT2D eigenvalue weighted by Gasteiger charge is 2.31. The van der Waals surface area contributed by atoms with Crippen LogP contribution >= 0.6 is 23.2 Å². The number of rotatable bonds is 5. The zero-order chi connectivity index (χ0) is 22.1. The molecule has 0 aliphatic heterocycles. The molecule has 1 saturated carbocycles. The molecular formula is C21H23Cl2FN2O3S. The smallest absolute Gasteiger partial charge is 0.258 e. The highest BCUT2D eigenvalue weighted by molar-refractivity contribution is 7.89. The molecular weight excluding hydrogens is 450 g/mol. The summed E-state index contributed by atoms with van der Waals surface area (Å²) in [6.45, 7) is 4.13. The minimum atomic E-state index is -3.92. The van der Waals surface area contributed by atoms with E-state index in [9.17, 15) is 17.6 Å². The Hall–Kier alpha value is -1.67. The molecule has 2 N–H and O–H groups in total. The highest BCUT2D eigenvalue weighted by atomic mass is 35.5. The van der Waals surface area contributed by atoms with Crippen molar-refractivity contribution >= 4 is 44.8 Å². The fourth-order valence-electron chi connectivity index (χ4n) is 3.65. The maximum atomic E-state index is 14.3. The summed E-state index contributed by atoms with van der Waals surface area (Å²) in [6, 6.07) is 7.59. The second-order valence-electron chi connectivity index (χ2n) is 7.69. The molecule has 0 spiro atoms. The lowest BCUT2D eigenvalue weighted by atomic mass is 9.78. The quantitative estimate of drug-likeness (QED) is 0.603. The van der Waals surface area contributed by atoms with Gasteiger partial charge in [-0.3, -0.25) is 4.79 Å². The summed E-state index contributed by atoms with van der Waals surface area (Å²) in [7, 11) is -3.92. The molecule has 0 heterocycles. The van der Waals surface area contributed by atoms with Gasteiger partial charge < -0.3 is 5.32 Å². The van der Waals surface area contributed by atoms with E-state index in [1.165, 1.54) is 6.07 Å². The van der Waals surface area contributed by atoms with Crippen LogP contribution in [0.15, 0.2) is 41.3 Å². The monoisotopic (exact) mass is 472 g/mol. The van der Waals surface area contributed by atoms with Gasteiger partial charge in [-0.2, -0.15) is 0 Å². The van der Waals surface area contributed by atoms with E-state index in [2.05, 4.69) is 17.0 Å². The molecule has 2 aromatic rings. The van der Waals surface area contributed by atoms with Crippen LogP contribution in [-0.4, -0.2) is 20.4 Å². The average molecular weight is 473 g/mol. The fraction of sp³-hybridized carbons (Fsp3) is 0.381. The summed E-state index contributed by atoms with van der Waals surface area (Å²) in [6.07, 6.45) is 2.75. The number of nitrogens with one attached hydrogen (secondary N) is 2. The van der Waals surface area contributed by atoms with Crippen molar-refractivity contribution in [2.45, 2.75) is 44.0 Å². The zero-order valence-corrected chi connectivity index (χ0v) is 18.9. The second kappa shape index (κ2) is 9.22. The van der Waals surface area contributed by atoms with Gasteiger partial charge in [-0.1, -0.05) is 56.0 Å². The van der Waals surface area contributed by atoms with E-state index in [1.54, 1.807) is 12.1 Å². The van der Waals surface area contributed by atoms with E-state index >= 15 is 0 Å². The zero-order valence-electron chi connectivity index (χ0n) is 16.6. The Balaban J connectivity index is 1.85. The summed E-state index contributed by atoms with van der Waals surface area (Å²) < 4.78 is 42.8. The van der Waals surface area contributed by atoms with E-state index < -0.39 is 27.3 Å². The van der Waals surface area contributed by atoms with Crippen LogP contribution in [0.3, 0.4) is 0 Å². The van der Waals surface area contributed by atoms with Gasteiger partial charge in [0.2, 0.25) is 10.0 Å². The van der Waals surface area contributed by atoms with Crippen molar-refractivity contribution in [3.8, 4) is 0 Å². The van der Waals surface area contributed by atoms with Crippen molar-refractivity contribution in [2.75, 3.05) is 5.32 Å². The summed E-state index contributed by atoms with van der Waals surface area (Å²) in [5.41, 5.74) is -0.205. The molecule has 1 aliphatic rings. The van der Waals surface area contributed by atoms with Crippen LogP contribution in [0.25, 0.3) is 0 Å². The van der Waals surface area contributed by atoms with Gasteiger partial charge >= 0.3 is 0 Å². The molecule has 9 heteroatoms.